The molecule has 2 aliphatic carbocycles. The van der Waals surface area contributed by atoms with Crippen LogP contribution in [-0.2, 0) is 4.79 Å². The van der Waals surface area contributed by atoms with Gasteiger partial charge in [0.15, 0.2) is 0 Å². The first kappa shape index (κ1) is 12.7. The van der Waals surface area contributed by atoms with Crippen molar-refractivity contribution in [3.05, 3.63) is 32.5 Å². The maximum absolute atomic E-state index is 12.5. The molecule has 0 radical (unpaired) electrons. The minimum atomic E-state index is -1.74. The van der Waals surface area contributed by atoms with E-state index in [4.69, 9.17) is 0 Å². The number of carbonyl (C=O) groups excluding carboxylic acids is 1. The number of aliphatic hydroxyl groups is 1. The van der Waals surface area contributed by atoms with E-state index in [9.17, 15) is 20.0 Å². The second-order valence-corrected chi connectivity index (χ2v) is 6.40. The minimum Gasteiger partial charge on any atom is -0.385 e. The van der Waals surface area contributed by atoms with Gasteiger partial charge in [-0.2, -0.15) is 0 Å². The van der Waals surface area contributed by atoms with Crippen molar-refractivity contribution in [2.24, 2.45) is 5.92 Å². The van der Waals surface area contributed by atoms with E-state index >= 15 is 0 Å². The highest BCUT2D eigenvalue weighted by atomic mass is 32.1. The molecule has 1 heterocycles. The van der Waals surface area contributed by atoms with Crippen molar-refractivity contribution in [1.82, 2.24) is 0 Å². The van der Waals surface area contributed by atoms with Crippen molar-refractivity contribution in [3.63, 3.8) is 0 Å². The van der Waals surface area contributed by atoms with Gasteiger partial charge in [0.2, 0.25) is 5.78 Å². The van der Waals surface area contributed by atoms with Crippen LogP contribution in [0.3, 0.4) is 0 Å². The van der Waals surface area contributed by atoms with Crippen molar-refractivity contribution in [1.29, 1.82) is 0 Å². The SMILES string of the molecule is O=C1[C@H]2CCC[C@]1([N+](=O)[O-])C(O)C[C@H]2c1cccs1. The molecule has 0 aromatic carbocycles. The first-order valence-electron chi connectivity index (χ1n) is 6.47. The summed E-state index contributed by atoms with van der Waals surface area (Å²) in [6.45, 7) is 0. The van der Waals surface area contributed by atoms with Crippen LogP contribution in [0.25, 0.3) is 0 Å². The van der Waals surface area contributed by atoms with Crippen LogP contribution in [0.2, 0.25) is 0 Å². The van der Waals surface area contributed by atoms with Crippen LogP contribution < -0.4 is 0 Å². The highest BCUT2D eigenvalue weighted by Crippen LogP contribution is 2.49. The molecule has 0 amide bonds. The van der Waals surface area contributed by atoms with Crippen LogP contribution in [0.4, 0.5) is 0 Å². The van der Waals surface area contributed by atoms with Gasteiger partial charge in [-0.15, -0.1) is 11.3 Å². The summed E-state index contributed by atoms with van der Waals surface area (Å²) in [4.78, 5) is 24.3. The zero-order valence-corrected chi connectivity index (χ0v) is 11.1. The summed E-state index contributed by atoms with van der Waals surface area (Å²) in [5.41, 5.74) is -1.74. The molecule has 5 nitrogen and oxygen atoms in total. The average Bonchev–Trinajstić information content (AvgIpc) is 2.87. The van der Waals surface area contributed by atoms with E-state index in [2.05, 4.69) is 0 Å². The van der Waals surface area contributed by atoms with Gasteiger partial charge in [-0.1, -0.05) is 6.07 Å². The molecule has 0 spiro atoms. The fourth-order valence-electron chi connectivity index (χ4n) is 3.60. The van der Waals surface area contributed by atoms with Gasteiger partial charge in [0, 0.05) is 28.1 Å². The summed E-state index contributed by atoms with van der Waals surface area (Å²) < 4.78 is 0. The Labute approximate surface area is 114 Å². The Morgan fingerprint density at radius 3 is 2.89 bits per heavy atom. The smallest absolute Gasteiger partial charge is 0.304 e. The maximum Gasteiger partial charge on any atom is 0.304 e. The summed E-state index contributed by atoms with van der Waals surface area (Å²) in [6, 6.07) is 3.86. The number of fused-ring (bicyclic) bond motifs is 2. The molecule has 2 bridgehead atoms. The normalized spacial score (nSPS) is 38.2. The highest BCUT2D eigenvalue weighted by molar-refractivity contribution is 7.10. The second-order valence-electron chi connectivity index (χ2n) is 5.42. The third-order valence-electron chi connectivity index (χ3n) is 4.59. The third kappa shape index (κ3) is 1.66. The van der Waals surface area contributed by atoms with Gasteiger partial charge < -0.3 is 5.11 Å². The van der Waals surface area contributed by atoms with Gasteiger partial charge in [0.25, 0.3) is 0 Å². The van der Waals surface area contributed by atoms with Gasteiger partial charge in [-0.25, -0.2) is 0 Å². The van der Waals surface area contributed by atoms with Gasteiger partial charge in [0.05, 0.1) is 0 Å². The van der Waals surface area contributed by atoms with E-state index < -0.39 is 16.6 Å². The quantitative estimate of drug-likeness (QED) is 0.664. The second kappa shape index (κ2) is 4.38. The summed E-state index contributed by atoms with van der Waals surface area (Å²) in [5.74, 6) is -0.724. The molecule has 0 saturated heterocycles. The van der Waals surface area contributed by atoms with Gasteiger partial charge in [-0.3, -0.25) is 14.9 Å². The Morgan fingerprint density at radius 2 is 2.26 bits per heavy atom. The van der Waals surface area contributed by atoms with Gasteiger partial charge in [0.1, 0.15) is 6.10 Å². The topological polar surface area (TPSA) is 80.4 Å². The Hall–Kier alpha value is -1.27. The van der Waals surface area contributed by atoms with E-state index in [0.717, 1.165) is 4.88 Å². The summed E-state index contributed by atoms with van der Waals surface area (Å²) in [5, 5.41) is 23.5. The molecule has 0 aliphatic heterocycles. The lowest BCUT2D eigenvalue weighted by molar-refractivity contribution is -0.570. The number of carbonyl (C=O) groups is 1. The number of Topliss-reactive ketones (excluding diaryl/α,β-unsaturated/α-hetero) is 1. The zero-order chi connectivity index (χ0) is 13.6. The highest BCUT2D eigenvalue weighted by Gasteiger charge is 2.65. The van der Waals surface area contributed by atoms with Crippen molar-refractivity contribution < 1.29 is 14.8 Å². The van der Waals surface area contributed by atoms with Crippen LogP contribution in [0, 0.1) is 16.0 Å². The molecular weight excluding hydrogens is 266 g/mol. The first-order valence-corrected chi connectivity index (χ1v) is 7.35. The average molecular weight is 281 g/mol. The van der Waals surface area contributed by atoms with Crippen LogP contribution in [0.1, 0.15) is 36.5 Å². The number of nitro groups is 1. The van der Waals surface area contributed by atoms with E-state index in [-0.39, 0.29) is 24.0 Å². The Morgan fingerprint density at radius 1 is 1.47 bits per heavy atom. The van der Waals surface area contributed by atoms with E-state index in [1.807, 2.05) is 17.5 Å². The number of hydrogen-bond donors (Lipinski definition) is 1. The molecule has 1 aromatic rings. The zero-order valence-electron chi connectivity index (χ0n) is 10.3. The standard InChI is InChI=1S/C13H15NO4S/c15-11-7-9(10-4-2-6-19-10)8-3-1-5-13(11,12(8)16)14(17)18/h2,4,6,8-9,11,15H,1,3,5,7H2/t8-,9+,11?,13-/m0/s1. The lowest BCUT2D eigenvalue weighted by Crippen LogP contribution is -2.64. The van der Waals surface area contributed by atoms with Crippen LogP contribution >= 0.6 is 11.3 Å². The monoisotopic (exact) mass is 281 g/mol. The number of aliphatic hydroxyl groups excluding tert-OH is 1. The van der Waals surface area contributed by atoms with Crippen LogP contribution in [-0.4, -0.2) is 27.5 Å². The van der Waals surface area contributed by atoms with Crippen molar-refractivity contribution in [2.75, 3.05) is 0 Å². The van der Waals surface area contributed by atoms with Crippen molar-refractivity contribution in [3.8, 4) is 0 Å². The molecule has 1 aromatic heterocycles. The van der Waals surface area contributed by atoms with Crippen molar-refractivity contribution >= 4 is 17.1 Å². The molecule has 102 valence electrons. The Bertz CT molecular complexity index is 515. The number of hydrogen-bond acceptors (Lipinski definition) is 5. The molecule has 2 fully saturated rings. The van der Waals surface area contributed by atoms with E-state index in [1.54, 1.807) is 11.3 Å². The van der Waals surface area contributed by atoms with Crippen molar-refractivity contribution in [2.45, 2.75) is 43.2 Å². The van der Waals surface area contributed by atoms with Gasteiger partial charge >= 0.3 is 5.54 Å². The van der Waals surface area contributed by atoms with Crippen LogP contribution in [0.15, 0.2) is 17.5 Å². The molecule has 4 atom stereocenters. The first-order chi connectivity index (χ1) is 9.07. The van der Waals surface area contributed by atoms with Crippen LogP contribution in [0.5, 0.6) is 0 Å². The largest absolute Gasteiger partial charge is 0.385 e. The molecule has 2 saturated carbocycles. The molecule has 3 rings (SSSR count). The molecule has 1 N–H and O–H groups in total. The minimum absolute atomic E-state index is 0.0594. The number of nitrogens with zero attached hydrogens (tertiary/aromatic N) is 1. The molecular formula is C13H15NO4S. The number of ketones is 1. The predicted molar refractivity (Wildman–Crippen MR) is 69.8 cm³/mol. The number of thiophene rings is 1. The fraction of sp³-hybridized carbons (Fsp3) is 0.615. The molecule has 6 heteroatoms. The molecule has 2 aliphatic rings. The maximum atomic E-state index is 12.5. The summed E-state index contributed by atoms with van der Waals surface area (Å²) >= 11 is 1.55. The van der Waals surface area contributed by atoms with E-state index in [1.165, 1.54) is 0 Å². The molecule has 1 unspecified atom stereocenters. The lowest BCUT2D eigenvalue weighted by atomic mass is 9.60. The number of rotatable bonds is 2. The third-order valence-corrected chi connectivity index (χ3v) is 5.59. The fourth-order valence-corrected chi connectivity index (χ4v) is 4.51. The summed E-state index contributed by atoms with van der Waals surface area (Å²) in [7, 11) is 0. The summed E-state index contributed by atoms with van der Waals surface area (Å²) in [6.07, 6.45) is 0.657. The van der Waals surface area contributed by atoms with Gasteiger partial charge in [-0.05, 0) is 30.7 Å². The Kier molecular flexibility index (Phi) is 2.94. The Balaban J connectivity index is 2.01. The van der Waals surface area contributed by atoms with E-state index in [0.29, 0.717) is 19.3 Å². The lowest BCUT2D eigenvalue weighted by Gasteiger charge is -2.43. The predicted octanol–water partition coefficient (Wildman–Crippen LogP) is 1.98. The molecule has 19 heavy (non-hydrogen) atoms.